The summed E-state index contributed by atoms with van der Waals surface area (Å²) < 4.78 is 0. The minimum Gasteiger partial charge on any atom is -0.478 e. The van der Waals surface area contributed by atoms with Gasteiger partial charge < -0.3 is 10.8 Å². The number of carbonyl (C=O) groups is 1. The van der Waals surface area contributed by atoms with Gasteiger partial charge in [0.05, 0.1) is 10.7 Å². The normalized spacial score (nSPS) is 10.5. The van der Waals surface area contributed by atoms with Crippen molar-refractivity contribution in [3.63, 3.8) is 0 Å². The number of carboxylic acid groups (broad SMARTS) is 1. The predicted molar refractivity (Wildman–Crippen MR) is 52.5 cm³/mol. The second kappa shape index (κ2) is 3.96. The summed E-state index contributed by atoms with van der Waals surface area (Å²) in [7, 11) is 0. The molecule has 1 aromatic carbocycles. The zero-order chi connectivity index (χ0) is 9.84. The van der Waals surface area contributed by atoms with Gasteiger partial charge in [0, 0.05) is 6.08 Å². The molecule has 4 heteroatoms. The molecule has 3 nitrogen and oxygen atoms in total. The Morgan fingerprint density at radius 2 is 2.23 bits per heavy atom. The first kappa shape index (κ1) is 9.61. The predicted octanol–water partition coefficient (Wildman–Crippen LogP) is 2.02. The van der Waals surface area contributed by atoms with E-state index in [0.29, 0.717) is 16.3 Å². The first-order chi connectivity index (χ1) is 6.09. The Bertz CT molecular complexity index is 361. The summed E-state index contributed by atoms with van der Waals surface area (Å²) in [5.74, 6) is -0.992. The highest BCUT2D eigenvalue weighted by Gasteiger charge is 1.95. The van der Waals surface area contributed by atoms with Crippen LogP contribution >= 0.6 is 11.6 Å². The lowest BCUT2D eigenvalue weighted by atomic mass is 10.2. The summed E-state index contributed by atoms with van der Waals surface area (Å²) in [6, 6.07) is 4.93. The van der Waals surface area contributed by atoms with E-state index in [0.717, 1.165) is 6.08 Å². The zero-order valence-electron chi connectivity index (χ0n) is 6.70. The molecule has 0 spiro atoms. The fourth-order valence-electron chi connectivity index (χ4n) is 0.833. The van der Waals surface area contributed by atoms with E-state index in [-0.39, 0.29) is 0 Å². The van der Waals surface area contributed by atoms with Gasteiger partial charge in [0.2, 0.25) is 0 Å². The molecule has 1 aromatic rings. The number of anilines is 1. The van der Waals surface area contributed by atoms with E-state index in [4.69, 9.17) is 22.4 Å². The number of rotatable bonds is 2. The summed E-state index contributed by atoms with van der Waals surface area (Å²) in [6.45, 7) is 0. The van der Waals surface area contributed by atoms with Crippen molar-refractivity contribution in [3.8, 4) is 0 Å². The van der Waals surface area contributed by atoms with Crippen LogP contribution in [0.25, 0.3) is 6.08 Å². The second-order valence-corrected chi connectivity index (χ2v) is 2.86. The molecular formula is C9H8ClNO2. The van der Waals surface area contributed by atoms with Crippen molar-refractivity contribution in [1.29, 1.82) is 0 Å². The summed E-state index contributed by atoms with van der Waals surface area (Å²) in [5, 5.41) is 8.82. The van der Waals surface area contributed by atoms with Gasteiger partial charge in [-0.25, -0.2) is 4.79 Å². The molecule has 0 unspecified atom stereocenters. The number of carboxylic acids is 1. The molecule has 0 aliphatic carbocycles. The number of nitrogens with two attached hydrogens (primary N) is 1. The van der Waals surface area contributed by atoms with Crippen molar-refractivity contribution in [3.05, 3.63) is 34.9 Å². The summed E-state index contributed by atoms with van der Waals surface area (Å²) in [4.78, 5) is 10.2. The molecule has 1 rings (SSSR count). The molecular weight excluding hydrogens is 190 g/mol. The molecule has 0 amide bonds. The highest BCUT2D eigenvalue weighted by molar-refractivity contribution is 6.33. The molecule has 0 atom stereocenters. The Morgan fingerprint density at radius 1 is 1.54 bits per heavy atom. The minimum atomic E-state index is -0.992. The summed E-state index contributed by atoms with van der Waals surface area (Å²) >= 11 is 5.68. The third kappa shape index (κ3) is 2.80. The maximum Gasteiger partial charge on any atom is 0.328 e. The summed E-state index contributed by atoms with van der Waals surface area (Å²) in [6.07, 6.45) is 2.50. The number of aliphatic carboxylic acids is 1. The molecule has 68 valence electrons. The Hall–Kier alpha value is -1.48. The Kier molecular flexibility index (Phi) is 2.93. The van der Waals surface area contributed by atoms with Crippen LogP contribution in [-0.2, 0) is 4.79 Å². The van der Waals surface area contributed by atoms with E-state index in [1.165, 1.54) is 6.08 Å². The third-order valence-electron chi connectivity index (χ3n) is 1.44. The monoisotopic (exact) mass is 197 g/mol. The lowest BCUT2D eigenvalue weighted by Crippen LogP contribution is -1.88. The molecule has 0 aliphatic heterocycles. The fraction of sp³-hybridized carbons (Fsp3) is 0. The molecule has 13 heavy (non-hydrogen) atoms. The third-order valence-corrected chi connectivity index (χ3v) is 1.78. The average Bonchev–Trinajstić information content (AvgIpc) is 2.07. The second-order valence-electron chi connectivity index (χ2n) is 2.45. The van der Waals surface area contributed by atoms with Gasteiger partial charge in [0.25, 0.3) is 0 Å². The van der Waals surface area contributed by atoms with Crippen molar-refractivity contribution >= 4 is 29.3 Å². The number of halogens is 1. The molecule has 0 radical (unpaired) electrons. The molecule has 0 fully saturated rings. The van der Waals surface area contributed by atoms with E-state index >= 15 is 0 Å². The SMILES string of the molecule is Nc1cc(C=CC(=O)O)ccc1Cl. The number of nitrogen functional groups attached to an aromatic ring is 1. The zero-order valence-corrected chi connectivity index (χ0v) is 7.45. The maximum atomic E-state index is 10.2. The van der Waals surface area contributed by atoms with Crippen LogP contribution in [0.4, 0.5) is 5.69 Å². The molecule has 0 bridgehead atoms. The molecule has 3 N–H and O–H groups in total. The van der Waals surface area contributed by atoms with Crippen LogP contribution in [0.3, 0.4) is 0 Å². The summed E-state index contributed by atoms with van der Waals surface area (Å²) in [5.41, 5.74) is 6.67. The smallest absolute Gasteiger partial charge is 0.328 e. The average molecular weight is 198 g/mol. The van der Waals surface area contributed by atoms with Gasteiger partial charge >= 0.3 is 5.97 Å². The van der Waals surface area contributed by atoms with E-state index in [2.05, 4.69) is 0 Å². The first-order valence-electron chi connectivity index (χ1n) is 3.55. The molecule has 0 saturated heterocycles. The van der Waals surface area contributed by atoms with Gasteiger partial charge in [0.15, 0.2) is 0 Å². The van der Waals surface area contributed by atoms with Crippen LogP contribution < -0.4 is 5.73 Å². The van der Waals surface area contributed by atoms with Crippen molar-refractivity contribution < 1.29 is 9.90 Å². The minimum absolute atomic E-state index is 0.439. The highest BCUT2D eigenvalue weighted by Crippen LogP contribution is 2.19. The standard InChI is InChI=1S/C9H8ClNO2/c10-7-3-1-6(5-8(7)11)2-4-9(12)13/h1-5H,11H2,(H,12,13). The van der Waals surface area contributed by atoms with Crippen LogP contribution in [0.1, 0.15) is 5.56 Å². The lowest BCUT2D eigenvalue weighted by molar-refractivity contribution is -0.131. The maximum absolute atomic E-state index is 10.2. The number of hydrogen-bond acceptors (Lipinski definition) is 2. The van der Waals surface area contributed by atoms with Crippen molar-refractivity contribution in [2.75, 3.05) is 5.73 Å². The first-order valence-corrected chi connectivity index (χ1v) is 3.93. The number of hydrogen-bond donors (Lipinski definition) is 2. The van der Waals surface area contributed by atoms with Gasteiger partial charge in [-0.15, -0.1) is 0 Å². The quantitative estimate of drug-likeness (QED) is 0.563. The van der Waals surface area contributed by atoms with Gasteiger partial charge in [-0.2, -0.15) is 0 Å². The van der Waals surface area contributed by atoms with Gasteiger partial charge in [0.1, 0.15) is 0 Å². The van der Waals surface area contributed by atoms with Crippen molar-refractivity contribution in [2.24, 2.45) is 0 Å². The molecule has 0 aromatic heterocycles. The van der Waals surface area contributed by atoms with Crippen LogP contribution in [0.15, 0.2) is 24.3 Å². The highest BCUT2D eigenvalue weighted by atomic mass is 35.5. The van der Waals surface area contributed by atoms with E-state index in [1.807, 2.05) is 0 Å². The van der Waals surface area contributed by atoms with Gasteiger partial charge in [-0.05, 0) is 23.8 Å². The molecule has 0 heterocycles. The fourth-order valence-corrected chi connectivity index (χ4v) is 0.951. The Balaban J connectivity index is 2.92. The lowest BCUT2D eigenvalue weighted by Gasteiger charge is -1.98. The van der Waals surface area contributed by atoms with Gasteiger partial charge in [-0.1, -0.05) is 17.7 Å². The van der Waals surface area contributed by atoms with Crippen LogP contribution in [0, 0.1) is 0 Å². The van der Waals surface area contributed by atoms with E-state index < -0.39 is 5.97 Å². The van der Waals surface area contributed by atoms with Crippen LogP contribution in [0.2, 0.25) is 5.02 Å². The molecule has 0 aliphatic rings. The van der Waals surface area contributed by atoms with E-state index in [1.54, 1.807) is 18.2 Å². The van der Waals surface area contributed by atoms with Crippen LogP contribution in [-0.4, -0.2) is 11.1 Å². The van der Waals surface area contributed by atoms with E-state index in [9.17, 15) is 4.79 Å². The van der Waals surface area contributed by atoms with Crippen molar-refractivity contribution in [1.82, 2.24) is 0 Å². The Morgan fingerprint density at radius 3 is 2.77 bits per heavy atom. The van der Waals surface area contributed by atoms with Crippen molar-refractivity contribution in [2.45, 2.75) is 0 Å². The van der Waals surface area contributed by atoms with Gasteiger partial charge in [-0.3, -0.25) is 0 Å². The number of benzene rings is 1. The topological polar surface area (TPSA) is 63.3 Å². The van der Waals surface area contributed by atoms with Crippen LogP contribution in [0.5, 0.6) is 0 Å². The molecule has 0 saturated carbocycles. The largest absolute Gasteiger partial charge is 0.478 e. The Labute approximate surface area is 80.4 Å².